The molecule has 0 aliphatic heterocycles. The standard InChI is InChI=1S/2Na.HO3P.6H2O/c;;1-4(2)3;;;;;;/h;;(H,1,2,3);6*1H2/q2*+1;;;;;;;/p-1. The zero-order valence-corrected chi connectivity index (χ0v) is 11.6. The topological polar surface area (TPSA) is 252 Å². The molecule has 9 nitrogen and oxygen atoms in total. The first-order chi connectivity index (χ1) is 1.73. The Kier molecular flexibility index (Phi) is 637. The van der Waals surface area contributed by atoms with Crippen LogP contribution in [0, 0.1) is 0 Å². The van der Waals surface area contributed by atoms with Crippen molar-refractivity contribution >= 4 is 8.25 Å². The third-order valence-corrected chi connectivity index (χ3v) is 0. The average molecular weight is 233 g/mol. The predicted molar refractivity (Wildman–Crippen MR) is 29.3 cm³/mol. The second-order valence-corrected chi connectivity index (χ2v) is 0.671. The summed E-state index contributed by atoms with van der Waals surface area (Å²) in [5.74, 6) is 0. The zero-order chi connectivity index (χ0) is 3.58. The van der Waals surface area contributed by atoms with Crippen LogP contribution in [0.5, 0.6) is 0 Å². The molecule has 0 aliphatic rings. The summed E-state index contributed by atoms with van der Waals surface area (Å²) in [6, 6.07) is 0. The third-order valence-electron chi connectivity index (χ3n) is 0. The molecule has 12 heteroatoms. The molecule has 0 saturated carbocycles. The van der Waals surface area contributed by atoms with Gasteiger partial charge in [0.1, 0.15) is 0 Å². The Morgan fingerprint density at radius 1 is 0.667 bits per heavy atom. The molecule has 0 rings (SSSR count). The van der Waals surface area contributed by atoms with Gasteiger partial charge in [0.15, 0.2) is 0 Å². The largest absolute Gasteiger partial charge is 1.00 e. The molecule has 0 heterocycles. The van der Waals surface area contributed by atoms with Gasteiger partial charge in [0, 0.05) is 0 Å². The zero-order valence-electron chi connectivity index (χ0n) is 6.67. The van der Waals surface area contributed by atoms with Crippen LogP contribution in [0.1, 0.15) is 0 Å². The molecule has 0 atom stereocenters. The second-order valence-electron chi connectivity index (χ2n) is 0.224. The Bertz CT molecular complexity index is 35.5. The number of hydrogen-bond donors (Lipinski definition) is 0. The van der Waals surface area contributed by atoms with Crippen LogP contribution in [0.2, 0.25) is 0 Å². The summed E-state index contributed by atoms with van der Waals surface area (Å²) in [6.45, 7) is 0. The quantitative estimate of drug-likeness (QED) is 0.291. The fraction of sp³-hybridized carbons (Fsp3) is 0. The summed E-state index contributed by atoms with van der Waals surface area (Å²) in [7, 11) is -3.37. The smallest absolute Gasteiger partial charge is 0.598 e. The van der Waals surface area contributed by atoms with Crippen LogP contribution in [0.15, 0.2) is 0 Å². The molecule has 72 valence electrons. The maximum atomic E-state index is 8.48. The van der Waals surface area contributed by atoms with Gasteiger partial charge in [-0.1, -0.05) is 4.57 Å². The van der Waals surface area contributed by atoms with Crippen molar-refractivity contribution in [1.29, 1.82) is 0 Å². The van der Waals surface area contributed by atoms with E-state index in [4.69, 9.17) is 14.4 Å². The van der Waals surface area contributed by atoms with E-state index in [2.05, 4.69) is 0 Å². The van der Waals surface area contributed by atoms with Crippen LogP contribution in [-0.4, -0.2) is 32.9 Å². The van der Waals surface area contributed by atoms with Crippen molar-refractivity contribution in [3.63, 3.8) is 0 Å². The molecule has 0 aromatic carbocycles. The van der Waals surface area contributed by atoms with E-state index in [0.29, 0.717) is 0 Å². The molecule has 0 fully saturated rings. The summed E-state index contributed by atoms with van der Waals surface area (Å²) in [4.78, 5) is 17.0. The maximum absolute atomic E-state index is 8.48. The summed E-state index contributed by atoms with van der Waals surface area (Å²) in [5, 5.41) is 0. The SMILES string of the molecule is O.O.O.O.O.O.O=[P+]([O-])[O-].[Na+].[Na+]. The van der Waals surface area contributed by atoms with Gasteiger partial charge in [-0.2, -0.15) is 0 Å². The maximum Gasteiger partial charge on any atom is 1.00 e. The Hall–Kier alpha value is 1.78. The molecule has 12 N–H and O–H groups in total. The van der Waals surface area contributed by atoms with Crippen molar-refractivity contribution < 1.29 is 106 Å². The molecule has 0 radical (unpaired) electrons. The van der Waals surface area contributed by atoms with E-state index in [-0.39, 0.29) is 92.0 Å². The number of hydrogen-bond acceptors (Lipinski definition) is 3. The molecule has 0 aliphatic carbocycles. The molecule has 0 saturated heterocycles. The van der Waals surface area contributed by atoms with Gasteiger partial charge in [0.05, 0.1) is 0 Å². The molecule has 0 amide bonds. The minimum absolute atomic E-state index is 0. The first-order valence-corrected chi connectivity index (χ1v) is 1.64. The van der Waals surface area contributed by atoms with Crippen molar-refractivity contribution in [2.75, 3.05) is 0 Å². The van der Waals surface area contributed by atoms with Gasteiger partial charge in [-0.05, 0) is 0 Å². The molecule has 0 unspecified atom stereocenters. The van der Waals surface area contributed by atoms with Crippen molar-refractivity contribution in [3.8, 4) is 0 Å². The van der Waals surface area contributed by atoms with Crippen molar-refractivity contribution in [2.45, 2.75) is 0 Å². The second kappa shape index (κ2) is 77.6. The Balaban J connectivity index is -0.00000000161. The molecular weight excluding hydrogens is 221 g/mol. The normalized spacial score (nSPS) is 2.17. The average Bonchev–Trinajstić information content (AvgIpc) is 0.811. The Morgan fingerprint density at radius 3 is 0.667 bits per heavy atom. The van der Waals surface area contributed by atoms with Crippen LogP contribution in [-0.2, 0) is 4.57 Å². The van der Waals surface area contributed by atoms with Crippen LogP contribution >= 0.6 is 8.25 Å². The minimum atomic E-state index is -3.37. The van der Waals surface area contributed by atoms with Crippen LogP contribution in [0.25, 0.3) is 0 Å². The Morgan fingerprint density at radius 2 is 0.667 bits per heavy atom. The first kappa shape index (κ1) is 98.5. The Labute approximate surface area is 114 Å². The molecule has 12 heavy (non-hydrogen) atoms. The van der Waals surface area contributed by atoms with Crippen LogP contribution in [0.3, 0.4) is 0 Å². The van der Waals surface area contributed by atoms with E-state index >= 15 is 0 Å². The van der Waals surface area contributed by atoms with Gasteiger partial charge in [-0.25, -0.2) is 0 Å². The van der Waals surface area contributed by atoms with E-state index in [9.17, 15) is 0 Å². The van der Waals surface area contributed by atoms with Gasteiger partial charge in [0.2, 0.25) is 0 Å². The van der Waals surface area contributed by atoms with Crippen LogP contribution < -0.4 is 68.9 Å². The molecule has 0 bridgehead atoms. The van der Waals surface area contributed by atoms with E-state index in [0.717, 1.165) is 0 Å². The fourth-order valence-electron chi connectivity index (χ4n) is 0. The minimum Gasteiger partial charge on any atom is -0.598 e. The van der Waals surface area contributed by atoms with Gasteiger partial charge in [-0.15, -0.1) is 0 Å². The van der Waals surface area contributed by atoms with E-state index in [1.165, 1.54) is 0 Å². The molecule has 0 aromatic rings. The fourth-order valence-corrected chi connectivity index (χ4v) is 0. The molecule has 0 spiro atoms. The third kappa shape index (κ3) is 432. The first-order valence-electron chi connectivity index (χ1n) is 0.548. The number of rotatable bonds is 0. The predicted octanol–water partition coefficient (Wildman–Crippen LogP) is -12.6. The van der Waals surface area contributed by atoms with Gasteiger partial charge in [0.25, 0.3) is 8.25 Å². The van der Waals surface area contributed by atoms with Gasteiger partial charge < -0.3 is 42.6 Å². The summed E-state index contributed by atoms with van der Waals surface area (Å²) in [6.07, 6.45) is 0. The molecular formula is H12Na2O9P+. The summed E-state index contributed by atoms with van der Waals surface area (Å²) < 4.78 is 8.48. The van der Waals surface area contributed by atoms with Gasteiger partial charge in [-0.3, -0.25) is 0 Å². The monoisotopic (exact) mass is 233 g/mol. The van der Waals surface area contributed by atoms with E-state index in [1.807, 2.05) is 0 Å². The van der Waals surface area contributed by atoms with E-state index in [1.54, 1.807) is 0 Å². The summed E-state index contributed by atoms with van der Waals surface area (Å²) >= 11 is 0. The van der Waals surface area contributed by atoms with Gasteiger partial charge >= 0.3 is 59.1 Å². The van der Waals surface area contributed by atoms with Crippen molar-refractivity contribution in [1.82, 2.24) is 0 Å². The van der Waals surface area contributed by atoms with Crippen molar-refractivity contribution in [3.05, 3.63) is 0 Å². The van der Waals surface area contributed by atoms with E-state index < -0.39 is 8.25 Å². The molecule has 0 aromatic heterocycles. The van der Waals surface area contributed by atoms with Crippen LogP contribution in [0.4, 0.5) is 0 Å². The van der Waals surface area contributed by atoms with Crippen molar-refractivity contribution in [2.24, 2.45) is 0 Å². The summed E-state index contributed by atoms with van der Waals surface area (Å²) in [5.41, 5.74) is 0.